The molecule has 2 heterocycles. The number of anilines is 2. The van der Waals surface area contributed by atoms with Crippen LogP contribution >= 0.6 is 0 Å². The molecule has 0 fully saturated rings. The highest BCUT2D eigenvalue weighted by Crippen LogP contribution is 2.32. The third-order valence-corrected chi connectivity index (χ3v) is 4.12. The fraction of sp³-hybridized carbons (Fsp3) is 0.267. The normalized spacial score (nSPS) is 14.5. The molecule has 7 nitrogen and oxygen atoms in total. The molecule has 1 aromatic heterocycles. The molecule has 1 atom stereocenters. The van der Waals surface area contributed by atoms with Gasteiger partial charge in [-0.2, -0.15) is 4.98 Å². The first kappa shape index (κ1) is 16.3. The molecule has 126 valence electrons. The van der Waals surface area contributed by atoms with Gasteiger partial charge in [-0.15, -0.1) is 5.10 Å². The standard InChI is InChI=1S/C15H16FN5O2S/c1-20(2)10-7-5-6-9(16)12(10)14-19-21(3)13-11(23-14)8-17-15(18-13)24(4)22/h5-8H,1-4H3. The van der Waals surface area contributed by atoms with Gasteiger partial charge in [0.1, 0.15) is 5.82 Å². The summed E-state index contributed by atoms with van der Waals surface area (Å²) < 4.78 is 31.6. The molecule has 9 heteroatoms. The maximum Gasteiger partial charge on any atom is 0.249 e. The van der Waals surface area contributed by atoms with Crippen LogP contribution in [-0.4, -0.2) is 47.5 Å². The van der Waals surface area contributed by atoms with Crippen molar-refractivity contribution in [2.45, 2.75) is 5.16 Å². The topological polar surface area (TPSA) is 70.9 Å². The average Bonchev–Trinajstić information content (AvgIpc) is 2.54. The molecule has 0 saturated heterocycles. The zero-order chi connectivity index (χ0) is 17.4. The van der Waals surface area contributed by atoms with Gasteiger partial charge in [-0.05, 0) is 12.1 Å². The molecular formula is C15H16FN5O2S. The lowest BCUT2D eigenvalue weighted by molar-refractivity contribution is 0.513. The van der Waals surface area contributed by atoms with Gasteiger partial charge >= 0.3 is 0 Å². The first-order valence-electron chi connectivity index (χ1n) is 7.05. The summed E-state index contributed by atoms with van der Waals surface area (Å²) in [6.45, 7) is 0. The van der Waals surface area contributed by atoms with Crippen molar-refractivity contribution in [3.8, 4) is 5.75 Å². The highest BCUT2D eigenvalue weighted by atomic mass is 32.2. The molecule has 3 rings (SSSR count). The van der Waals surface area contributed by atoms with Crippen molar-refractivity contribution in [1.29, 1.82) is 0 Å². The van der Waals surface area contributed by atoms with Crippen LogP contribution in [0.15, 0.2) is 34.7 Å². The number of ether oxygens (including phenoxy) is 1. The first-order chi connectivity index (χ1) is 11.4. The van der Waals surface area contributed by atoms with E-state index in [-0.39, 0.29) is 16.6 Å². The molecule has 0 spiro atoms. The van der Waals surface area contributed by atoms with Crippen molar-refractivity contribution in [1.82, 2.24) is 9.97 Å². The molecule has 1 aliphatic rings. The molecule has 0 radical (unpaired) electrons. The van der Waals surface area contributed by atoms with Gasteiger partial charge in [0.2, 0.25) is 11.1 Å². The number of hydrazone groups is 1. The van der Waals surface area contributed by atoms with E-state index >= 15 is 0 Å². The monoisotopic (exact) mass is 349 g/mol. The molecule has 1 unspecified atom stereocenters. The molecule has 0 N–H and O–H groups in total. The van der Waals surface area contributed by atoms with Crippen molar-refractivity contribution < 1.29 is 13.3 Å². The minimum absolute atomic E-state index is 0.112. The van der Waals surface area contributed by atoms with Crippen LogP contribution in [0.1, 0.15) is 5.56 Å². The van der Waals surface area contributed by atoms with E-state index < -0.39 is 16.6 Å². The number of nitrogens with zero attached hydrogens (tertiary/aromatic N) is 5. The van der Waals surface area contributed by atoms with Gasteiger partial charge in [-0.1, -0.05) is 6.07 Å². The van der Waals surface area contributed by atoms with E-state index in [1.54, 1.807) is 24.1 Å². The predicted molar refractivity (Wildman–Crippen MR) is 90.7 cm³/mol. The van der Waals surface area contributed by atoms with Crippen LogP contribution < -0.4 is 14.6 Å². The van der Waals surface area contributed by atoms with E-state index in [0.717, 1.165) is 0 Å². The van der Waals surface area contributed by atoms with Crippen molar-refractivity contribution in [3.05, 3.63) is 35.8 Å². The molecule has 0 bridgehead atoms. The lowest BCUT2D eigenvalue weighted by Crippen LogP contribution is -2.28. The summed E-state index contributed by atoms with van der Waals surface area (Å²) in [5.41, 5.74) is 0.890. The Balaban J connectivity index is 2.08. The van der Waals surface area contributed by atoms with Crippen molar-refractivity contribution in [3.63, 3.8) is 0 Å². The molecule has 1 aliphatic heterocycles. The van der Waals surface area contributed by atoms with Crippen LogP contribution in [0.25, 0.3) is 0 Å². The second kappa shape index (κ2) is 6.16. The highest BCUT2D eigenvalue weighted by Gasteiger charge is 2.26. The fourth-order valence-corrected chi connectivity index (χ4v) is 2.71. The summed E-state index contributed by atoms with van der Waals surface area (Å²) in [5.74, 6) is 0.371. The van der Waals surface area contributed by atoms with E-state index in [9.17, 15) is 8.60 Å². The molecule has 0 aliphatic carbocycles. The smallest absolute Gasteiger partial charge is 0.249 e. The number of aromatic nitrogens is 2. The summed E-state index contributed by atoms with van der Waals surface area (Å²) in [6.07, 6.45) is 2.91. The number of hydrogen-bond acceptors (Lipinski definition) is 7. The average molecular weight is 349 g/mol. The van der Waals surface area contributed by atoms with E-state index in [1.165, 1.54) is 23.5 Å². The second-order valence-corrected chi connectivity index (χ2v) is 6.63. The Morgan fingerprint density at radius 3 is 2.75 bits per heavy atom. The molecule has 24 heavy (non-hydrogen) atoms. The third kappa shape index (κ3) is 2.82. The van der Waals surface area contributed by atoms with Crippen molar-refractivity contribution in [2.75, 3.05) is 37.3 Å². The van der Waals surface area contributed by atoms with Crippen molar-refractivity contribution in [2.24, 2.45) is 5.10 Å². The summed E-state index contributed by atoms with van der Waals surface area (Å²) in [6, 6.07) is 4.75. The molecule has 0 saturated carbocycles. The summed E-state index contributed by atoms with van der Waals surface area (Å²) >= 11 is 0. The lowest BCUT2D eigenvalue weighted by Gasteiger charge is -2.25. The quantitative estimate of drug-likeness (QED) is 0.784. The Labute approximate surface area is 141 Å². The second-order valence-electron chi connectivity index (χ2n) is 5.35. The van der Waals surface area contributed by atoms with Crippen LogP contribution in [0.2, 0.25) is 0 Å². The summed E-state index contributed by atoms with van der Waals surface area (Å²) in [5, 5.41) is 5.91. The zero-order valence-corrected chi connectivity index (χ0v) is 14.5. The molecule has 1 aromatic carbocycles. The minimum atomic E-state index is -1.32. The van der Waals surface area contributed by atoms with Crippen molar-refractivity contribution >= 4 is 28.2 Å². The Kier molecular flexibility index (Phi) is 4.18. The van der Waals surface area contributed by atoms with Crippen LogP contribution in [0.3, 0.4) is 0 Å². The van der Waals surface area contributed by atoms with Gasteiger partial charge in [0.15, 0.2) is 11.6 Å². The minimum Gasteiger partial charge on any atom is -0.431 e. The Morgan fingerprint density at radius 1 is 1.33 bits per heavy atom. The maximum atomic E-state index is 14.4. The predicted octanol–water partition coefficient (Wildman–Crippen LogP) is 1.61. The SMILES string of the molecule is CN(C)c1cccc(F)c1C1=NN(C)c2nc(S(C)=O)ncc2O1. The van der Waals surface area contributed by atoms with Gasteiger partial charge in [-0.3, -0.25) is 4.21 Å². The first-order valence-corrected chi connectivity index (χ1v) is 8.61. The van der Waals surface area contributed by atoms with Gasteiger partial charge in [-0.25, -0.2) is 14.4 Å². The van der Waals surface area contributed by atoms with Gasteiger partial charge < -0.3 is 9.64 Å². The van der Waals surface area contributed by atoms with Crippen LogP contribution in [-0.2, 0) is 10.8 Å². The Morgan fingerprint density at radius 2 is 2.08 bits per heavy atom. The molecule has 0 amide bonds. The Bertz CT molecular complexity index is 856. The summed E-state index contributed by atoms with van der Waals surface area (Å²) in [4.78, 5) is 9.97. The van der Waals surface area contributed by atoms with Gasteiger partial charge in [0.05, 0.1) is 28.2 Å². The number of halogens is 1. The van der Waals surface area contributed by atoms with Gasteiger partial charge in [0.25, 0.3) is 0 Å². The molecule has 2 aromatic rings. The third-order valence-electron chi connectivity index (χ3n) is 3.41. The van der Waals surface area contributed by atoms with Gasteiger partial charge in [0, 0.05) is 27.4 Å². The van der Waals surface area contributed by atoms with Crippen LogP contribution in [0, 0.1) is 5.82 Å². The number of hydrogen-bond donors (Lipinski definition) is 0. The highest BCUT2D eigenvalue weighted by molar-refractivity contribution is 7.84. The number of benzene rings is 1. The van der Waals surface area contributed by atoms with Crippen LogP contribution in [0.5, 0.6) is 5.75 Å². The van der Waals surface area contributed by atoms with E-state index in [2.05, 4.69) is 15.1 Å². The number of rotatable bonds is 3. The lowest BCUT2D eigenvalue weighted by atomic mass is 10.1. The summed E-state index contributed by atoms with van der Waals surface area (Å²) in [7, 11) is 3.96. The zero-order valence-electron chi connectivity index (χ0n) is 13.6. The van der Waals surface area contributed by atoms with E-state index in [4.69, 9.17) is 4.74 Å². The Hall–Kier alpha value is -2.55. The van der Waals surface area contributed by atoms with Crippen LogP contribution in [0.4, 0.5) is 15.9 Å². The number of fused-ring (bicyclic) bond motifs is 1. The molecular weight excluding hydrogens is 333 g/mol. The fourth-order valence-electron chi connectivity index (χ4n) is 2.29. The van der Waals surface area contributed by atoms with E-state index in [0.29, 0.717) is 17.3 Å². The maximum absolute atomic E-state index is 14.4. The van der Waals surface area contributed by atoms with E-state index in [1.807, 2.05) is 14.1 Å². The largest absolute Gasteiger partial charge is 0.431 e.